The zero-order valence-electron chi connectivity index (χ0n) is 15.8. The molecule has 2 heterocycles. The third kappa shape index (κ3) is 4.61. The van der Waals surface area contributed by atoms with Gasteiger partial charge in [0.25, 0.3) is 0 Å². The molecule has 0 saturated heterocycles. The van der Waals surface area contributed by atoms with Crippen LogP contribution in [0.2, 0.25) is 0 Å². The third-order valence-corrected chi connectivity index (χ3v) is 5.29. The zero-order valence-corrected chi connectivity index (χ0v) is 16.7. The maximum absolute atomic E-state index is 11.9. The predicted molar refractivity (Wildman–Crippen MR) is 110 cm³/mol. The second-order valence-corrected chi connectivity index (χ2v) is 7.52. The van der Waals surface area contributed by atoms with Crippen LogP contribution in [-0.2, 0) is 9.53 Å². The number of anilines is 1. The summed E-state index contributed by atoms with van der Waals surface area (Å²) in [6, 6.07) is 8.48. The van der Waals surface area contributed by atoms with Gasteiger partial charge in [0, 0.05) is 37.1 Å². The number of nitrogens with zero attached hydrogens (tertiary/aromatic N) is 2. The summed E-state index contributed by atoms with van der Waals surface area (Å²) < 4.78 is 4.93. The fourth-order valence-corrected chi connectivity index (χ4v) is 3.93. The van der Waals surface area contributed by atoms with E-state index < -0.39 is 0 Å². The molecule has 0 bridgehead atoms. The van der Waals surface area contributed by atoms with Crippen molar-refractivity contribution < 1.29 is 9.53 Å². The zero-order chi connectivity index (χ0) is 19.2. The van der Waals surface area contributed by atoms with E-state index in [4.69, 9.17) is 4.74 Å². The Labute approximate surface area is 163 Å². The predicted octanol–water partition coefficient (Wildman–Crippen LogP) is 3.54. The number of carbonyl (C=O) groups excluding carboxylic acids is 1. The van der Waals surface area contributed by atoms with E-state index in [2.05, 4.69) is 58.7 Å². The molecule has 0 atom stereocenters. The van der Waals surface area contributed by atoms with Crippen molar-refractivity contribution in [1.29, 1.82) is 0 Å². The SMILES string of the molecule is COCCNC(=O)CCNc1ncnc2sc(C)c(-c3ccc(C)cc3)c12. The molecule has 0 fully saturated rings. The molecule has 0 radical (unpaired) electrons. The molecule has 0 spiro atoms. The van der Waals surface area contributed by atoms with Crippen LogP contribution in [0.4, 0.5) is 5.82 Å². The Hall–Kier alpha value is -2.51. The number of aryl methyl sites for hydroxylation is 2. The molecular weight excluding hydrogens is 360 g/mol. The van der Waals surface area contributed by atoms with Crippen LogP contribution in [0.1, 0.15) is 16.9 Å². The minimum atomic E-state index is -0.00916. The highest BCUT2D eigenvalue weighted by Crippen LogP contribution is 2.40. The van der Waals surface area contributed by atoms with Crippen LogP contribution < -0.4 is 10.6 Å². The number of benzene rings is 1. The van der Waals surface area contributed by atoms with Gasteiger partial charge in [-0.1, -0.05) is 29.8 Å². The highest BCUT2D eigenvalue weighted by Gasteiger charge is 2.16. The van der Waals surface area contributed by atoms with Crippen LogP contribution in [0.25, 0.3) is 21.3 Å². The number of hydrogen-bond donors (Lipinski definition) is 2. The normalized spacial score (nSPS) is 10.9. The first-order chi connectivity index (χ1) is 13.1. The first-order valence-electron chi connectivity index (χ1n) is 8.90. The van der Waals surface area contributed by atoms with Gasteiger partial charge in [0.15, 0.2) is 0 Å². The number of fused-ring (bicyclic) bond motifs is 1. The average Bonchev–Trinajstić information content (AvgIpc) is 2.99. The van der Waals surface area contributed by atoms with E-state index in [0.29, 0.717) is 26.1 Å². The van der Waals surface area contributed by atoms with E-state index in [0.717, 1.165) is 27.2 Å². The second-order valence-electron chi connectivity index (χ2n) is 6.32. The van der Waals surface area contributed by atoms with Gasteiger partial charge >= 0.3 is 0 Å². The monoisotopic (exact) mass is 384 g/mol. The fraction of sp³-hybridized carbons (Fsp3) is 0.350. The molecule has 0 saturated carbocycles. The molecule has 3 aromatic rings. The number of ether oxygens (including phenoxy) is 1. The smallest absolute Gasteiger partial charge is 0.221 e. The van der Waals surface area contributed by atoms with Gasteiger partial charge in [0.1, 0.15) is 17.0 Å². The number of amides is 1. The molecule has 0 aliphatic rings. The van der Waals surface area contributed by atoms with E-state index in [1.807, 2.05) is 0 Å². The summed E-state index contributed by atoms with van der Waals surface area (Å²) in [4.78, 5) is 22.9. The molecule has 1 aromatic carbocycles. The topological polar surface area (TPSA) is 76.1 Å². The summed E-state index contributed by atoms with van der Waals surface area (Å²) in [7, 11) is 1.61. The molecule has 3 rings (SSSR count). The summed E-state index contributed by atoms with van der Waals surface area (Å²) in [6.07, 6.45) is 1.94. The molecule has 0 unspecified atom stereocenters. The Morgan fingerprint density at radius 3 is 2.67 bits per heavy atom. The molecule has 27 heavy (non-hydrogen) atoms. The van der Waals surface area contributed by atoms with Crippen LogP contribution in [-0.4, -0.2) is 42.7 Å². The van der Waals surface area contributed by atoms with Crippen LogP contribution in [0.15, 0.2) is 30.6 Å². The van der Waals surface area contributed by atoms with Crippen molar-refractivity contribution in [1.82, 2.24) is 15.3 Å². The van der Waals surface area contributed by atoms with Crippen molar-refractivity contribution in [3.63, 3.8) is 0 Å². The van der Waals surface area contributed by atoms with E-state index in [1.54, 1.807) is 24.8 Å². The lowest BCUT2D eigenvalue weighted by molar-refractivity contribution is -0.121. The number of hydrogen-bond acceptors (Lipinski definition) is 6. The minimum Gasteiger partial charge on any atom is -0.383 e. The lowest BCUT2D eigenvalue weighted by Gasteiger charge is -2.09. The quantitative estimate of drug-likeness (QED) is 0.581. The summed E-state index contributed by atoms with van der Waals surface area (Å²) in [6.45, 7) is 5.73. The Morgan fingerprint density at radius 1 is 1.15 bits per heavy atom. The summed E-state index contributed by atoms with van der Waals surface area (Å²) in [5, 5.41) is 7.14. The van der Waals surface area contributed by atoms with Gasteiger partial charge in [-0.2, -0.15) is 0 Å². The number of methoxy groups -OCH3 is 1. The van der Waals surface area contributed by atoms with Gasteiger partial charge < -0.3 is 15.4 Å². The van der Waals surface area contributed by atoms with Crippen molar-refractivity contribution in [3.05, 3.63) is 41.0 Å². The summed E-state index contributed by atoms with van der Waals surface area (Å²) >= 11 is 1.66. The maximum atomic E-state index is 11.9. The van der Waals surface area contributed by atoms with E-state index in [-0.39, 0.29) is 5.91 Å². The van der Waals surface area contributed by atoms with Gasteiger partial charge in [-0.15, -0.1) is 11.3 Å². The van der Waals surface area contributed by atoms with Gasteiger partial charge in [-0.3, -0.25) is 4.79 Å². The number of aromatic nitrogens is 2. The third-order valence-electron chi connectivity index (χ3n) is 4.28. The fourth-order valence-electron chi connectivity index (χ4n) is 2.92. The molecular formula is C20H24N4O2S. The van der Waals surface area contributed by atoms with Gasteiger partial charge in [0.05, 0.1) is 12.0 Å². The Balaban J connectivity index is 1.80. The first kappa shape index (κ1) is 19.3. The maximum Gasteiger partial charge on any atom is 0.221 e. The molecule has 2 aromatic heterocycles. The van der Waals surface area contributed by atoms with Gasteiger partial charge in [-0.25, -0.2) is 9.97 Å². The molecule has 7 heteroatoms. The number of rotatable bonds is 8. The second kappa shape index (κ2) is 8.92. The molecule has 2 N–H and O–H groups in total. The Bertz CT molecular complexity index is 922. The molecule has 0 aliphatic carbocycles. The first-order valence-corrected chi connectivity index (χ1v) is 9.72. The van der Waals surface area contributed by atoms with Crippen LogP contribution in [0.3, 0.4) is 0 Å². The highest BCUT2D eigenvalue weighted by molar-refractivity contribution is 7.19. The number of carbonyl (C=O) groups is 1. The molecule has 142 valence electrons. The standard InChI is InChI=1S/C20H24N4O2S/c1-13-4-6-15(7-5-13)17-14(2)27-20-18(17)19(23-12-24-20)22-9-8-16(25)21-10-11-26-3/h4-7,12H,8-11H2,1-3H3,(H,21,25)(H,22,23,24). The van der Waals surface area contributed by atoms with Crippen LogP contribution in [0, 0.1) is 13.8 Å². The van der Waals surface area contributed by atoms with E-state index in [9.17, 15) is 4.79 Å². The molecule has 1 amide bonds. The lowest BCUT2D eigenvalue weighted by Crippen LogP contribution is -2.28. The van der Waals surface area contributed by atoms with E-state index in [1.165, 1.54) is 10.4 Å². The lowest BCUT2D eigenvalue weighted by atomic mass is 10.0. The van der Waals surface area contributed by atoms with Crippen LogP contribution >= 0.6 is 11.3 Å². The van der Waals surface area contributed by atoms with Gasteiger partial charge in [0.2, 0.25) is 5.91 Å². The molecule has 6 nitrogen and oxygen atoms in total. The number of thiophene rings is 1. The van der Waals surface area contributed by atoms with Gasteiger partial charge in [-0.05, 0) is 19.4 Å². The van der Waals surface area contributed by atoms with Crippen molar-refractivity contribution >= 4 is 33.3 Å². The highest BCUT2D eigenvalue weighted by atomic mass is 32.1. The van der Waals surface area contributed by atoms with Crippen LogP contribution in [0.5, 0.6) is 0 Å². The largest absolute Gasteiger partial charge is 0.383 e. The number of nitrogens with one attached hydrogen (secondary N) is 2. The Kier molecular flexibility index (Phi) is 6.36. The minimum absolute atomic E-state index is 0.00916. The summed E-state index contributed by atoms with van der Waals surface area (Å²) in [5.74, 6) is 0.759. The summed E-state index contributed by atoms with van der Waals surface area (Å²) in [5.41, 5.74) is 3.53. The Morgan fingerprint density at radius 2 is 1.93 bits per heavy atom. The van der Waals surface area contributed by atoms with Crippen molar-refractivity contribution in [2.75, 3.05) is 32.1 Å². The molecule has 0 aliphatic heterocycles. The van der Waals surface area contributed by atoms with Crippen molar-refractivity contribution in [2.24, 2.45) is 0 Å². The average molecular weight is 385 g/mol. The van der Waals surface area contributed by atoms with E-state index >= 15 is 0 Å². The van der Waals surface area contributed by atoms with Crippen molar-refractivity contribution in [3.8, 4) is 11.1 Å². The van der Waals surface area contributed by atoms with Crippen molar-refractivity contribution in [2.45, 2.75) is 20.3 Å².